The van der Waals surface area contributed by atoms with Gasteiger partial charge in [-0.15, -0.1) is 0 Å². The Labute approximate surface area is 196 Å². The molecule has 6 heterocycles. The molecule has 10 atom stereocenters. The zero-order valence-electron chi connectivity index (χ0n) is 17.8. The molecule has 35 heavy (non-hydrogen) atoms. The van der Waals surface area contributed by atoms with Crippen LogP contribution in [0.4, 0.5) is 0 Å². The van der Waals surface area contributed by atoms with Gasteiger partial charge in [0.05, 0.1) is 25.1 Å². The van der Waals surface area contributed by atoms with Crippen molar-refractivity contribution in [1.29, 1.82) is 5.41 Å². The van der Waals surface area contributed by atoms with Crippen LogP contribution >= 0.6 is 15.2 Å². The quantitative estimate of drug-likeness (QED) is 0.179. The molecule has 4 aliphatic rings. The fourth-order valence-electron chi connectivity index (χ4n) is 4.36. The lowest BCUT2D eigenvalue weighted by atomic mass is 10.1. The van der Waals surface area contributed by atoms with Crippen molar-refractivity contribution in [2.75, 3.05) is 19.1 Å². The number of ether oxygens (including phenoxy) is 2. The number of hydrogen-bond donors (Lipinski definition) is 7. The monoisotopic (exact) mass is 538 g/mol. The number of aliphatic hydroxyl groups excluding tert-OH is 4. The van der Waals surface area contributed by atoms with Crippen LogP contribution in [0.2, 0.25) is 0 Å². The molecule has 2 fully saturated rings. The van der Waals surface area contributed by atoms with Crippen LogP contribution in [0.1, 0.15) is 12.5 Å². The summed E-state index contributed by atoms with van der Waals surface area (Å²) in [5.41, 5.74) is 0.220. The smallest absolute Gasteiger partial charge is 0.340 e. The fourth-order valence-corrected chi connectivity index (χ4v) is 7.58. The third kappa shape index (κ3) is 4.44. The molecule has 194 valence electrons. The molecular formula is C17H24N4O12P2. The second kappa shape index (κ2) is 8.80. The summed E-state index contributed by atoms with van der Waals surface area (Å²) >= 11 is 0. The number of aromatic nitrogens is 3. The molecule has 6 rings (SSSR count). The molecule has 16 nitrogen and oxygen atoms in total. The lowest BCUT2D eigenvalue weighted by Crippen LogP contribution is -2.35. The third-order valence-corrected chi connectivity index (χ3v) is 10.1. The zero-order chi connectivity index (χ0) is 25.3. The van der Waals surface area contributed by atoms with Crippen LogP contribution < -0.4 is 5.49 Å². The van der Waals surface area contributed by atoms with Crippen LogP contribution in [0.3, 0.4) is 0 Å². The van der Waals surface area contributed by atoms with E-state index in [2.05, 4.69) is 4.98 Å². The molecular weight excluding hydrogens is 514 g/mol. The second-order valence-electron chi connectivity index (χ2n) is 8.56. The van der Waals surface area contributed by atoms with Crippen LogP contribution in [-0.4, -0.2) is 100 Å². The van der Waals surface area contributed by atoms with E-state index in [-0.39, 0.29) is 11.0 Å². The Kier molecular flexibility index (Phi) is 6.32. The maximum absolute atomic E-state index is 12.4. The van der Waals surface area contributed by atoms with Gasteiger partial charge in [0.25, 0.3) is 0 Å². The predicted octanol–water partition coefficient (Wildman–Crippen LogP) is -2.07. The first-order chi connectivity index (χ1) is 16.4. The van der Waals surface area contributed by atoms with Crippen LogP contribution in [0.15, 0.2) is 18.6 Å². The van der Waals surface area contributed by atoms with Gasteiger partial charge in [-0.25, -0.2) is 4.98 Å². The molecule has 18 heteroatoms. The van der Waals surface area contributed by atoms with Gasteiger partial charge in [-0.2, -0.15) is 0 Å². The van der Waals surface area contributed by atoms with Crippen molar-refractivity contribution in [1.82, 2.24) is 14.1 Å². The maximum Gasteiger partial charge on any atom is 0.340 e. The Morgan fingerprint density at radius 2 is 1.40 bits per heavy atom. The van der Waals surface area contributed by atoms with Gasteiger partial charge in [0.2, 0.25) is 0 Å². The van der Waals surface area contributed by atoms with E-state index in [1.165, 1.54) is 27.7 Å². The Balaban J connectivity index is 1.58. The van der Waals surface area contributed by atoms with Crippen LogP contribution in [-0.2, 0) is 27.7 Å². The molecule has 2 aromatic heterocycles. The van der Waals surface area contributed by atoms with E-state index in [1.807, 2.05) is 0 Å². The van der Waals surface area contributed by atoms with Gasteiger partial charge in [-0.3, -0.25) is 14.5 Å². The average molecular weight is 538 g/mol. The molecule has 2 saturated heterocycles. The van der Waals surface area contributed by atoms with E-state index in [4.69, 9.17) is 23.9 Å². The Morgan fingerprint density at radius 3 is 1.94 bits per heavy atom. The lowest BCUT2D eigenvalue weighted by Gasteiger charge is -2.22. The van der Waals surface area contributed by atoms with Crippen LogP contribution in [0.5, 0.6) is 0 Å². The molecule has 7 N–H and O–H groups in total. The van der Waals surface area contributed by atoms with Crippen LogP contribution in [0.25, 0.3) is 11.0 Å². The first kappa shape index (κ1) is 25.1. The van der Waals surface area contributed by atoms with Crippen molar-refractivity contribution < 1.29 is 57.9 Å². The Bertz CT molecular complexity index is 1280. The normalized spacial score (nSPS) is 44.6. The highest BCUT2D eigenvalue weighted by Gasteiger charge is 2.48. The number of fused-ring (bicyclic) bond motifs is 7. The number of pyridine rings is 1. The maximum atomic E-state index is 12.4. The van der Waals surface area contributed by atoms with Crippen molar-refractivity contribution in [2.45, 2.75) is 49.1 Å². The van der Waals surface area contributed by atoms with Crippen molar-refractivity contribution in [3.05, 3.63) is 24.1 Å². The van der Waals surface area contributed by atoms with E-state index in [1.54, 1.807) is 0 Å². The molecule has 0 aromatic carbocycles. The van der Waals surface area contributed by atoms with Gasteiger partial charge in [-0.05, 0) is 6.07 Å². The van der Waals surface area contributed by atoms with Gasteiger partial charge in [0.15, 0.2) is 23.8 Å². The highest BCUT2D eigenvalue weighted by molar-refractivity contribution is 7.70. The topological polar surface area (TPSA) is 239 Å². The van der Waals surface area contributed by atoms with Gasteiger partial charge in [0, 0.05) is 6.20 Å². The highest BCUT2D eigenvalue weighted by atomic mass is 31.2. The van der Waals surface area contributed by atoms with E-state index in [0.29, 0.717) is 5.52 Å². The Morgan fingerprint density at radius 1 is 0.886 bits per heavy atom. The minimum Gasteiger partial charge on any atom is -0.387 e. The van der Waals surface area contributed by atoms with Crippen LogP contribution in [0, 0.1) is 5.41 Å². The number of imidazole rings is 1. The minimum atomic E-state index is -4.75. The van der Waals surface area contributed by atoms with Crippen molar-refractivity contribution in [3.8, 4) is 0 Å². The molecule has 0 saturated carbocycles. The van der Waals surface area contributed by atoms with E-state index in [9.17, 15) is 39.3 Å². The van der Waals surface area contributed by atoms with Gasteiger partial charge in [-0.1, -0.05) is 0 Å². The standard InChI is InChI=1S/C17H24N4O12P2/c18-15-10-7-1-2-20(15)16-13(24)11(22)8(32-16)3-30-34(26,27)6-35(28,29)31-4-9-12(23)14(25)17(33-9)21(7)5-19-10/h1-2,5,8-9,11-14,16-18,22-25H,3-4,6H2,(H,26,27)(H,28,29)/t8-,9-,11-,12-,13-,14-,16?,17?/m1/s1. The molecule has 8 bridgehead atoms. The molecule has 0 aliphatic carbocycles. The molecule has 0 amide bonds. The molecule has 0 spiro atoms. The number of aliphatic hydroxyl groups is 4. The largest absolute Gasteiger partial charge is 0.387 e. The van der Waals surface area contributed by atoms with Gasteiger partial charge in [0.1, 0.15) is 42.1 Å². The first-order valence-corrected chi connectivity index (χ1v) is 14.0. The summed E-state index contributed by atoms with van der Waals surface area (Å²) in [6.07, 6.45) is -8.60. The fraction of sp³-hybridized carbons (Fsp3) is 0.647. The van der Waals surface area contributed by atoms with Crippen molar-refractivity contribution in [3.63, 3.8) is 0 Å². The summed E-state index contributed by atoms with van der Waals surface area (Å²) in [5, 5.41) is 50.3. The summed E-state index contributed by atoms with van der Waals surface area (Å²) in [4.78, 5) is 24.3. The molecule has 4 unspecified atom stereocenters. The van der Waals surface area contributed by atoms with Crippen molar-refractivity contribution in [2.24, 2.45) is 0 Å². The summed E-state index contributed by atoms with van der Waals surface area (Å²) in [6.45, 7) is -1.41. The first-order valence-electron chi connectivity index (χ1n) is 10.5. The minimum absolute atomic E-state index is 0.114. The summed E-state index contributed by atoms with van der Waals surface area (Å²) in [5.74, 6) is -1.31. The SMILES string of the molecule is N=c1c2ncn3c2ccn1C1O[C@H](COP(=O)(O)CP(=O)(O)OC[C@H]2OC3[C@H](O)[C@@H]2O)[C@@H](O)[C@H]1O. The second-order valence-corrected chi connectivity index (χ2v) is 12.8. The summed E-state index contributed by atoms with van der Waals surface area (Å²) < 4.78 is 48.3. The number of rotatable bonds is 0. The number of nitrogens with one attached hydrogen (secondary N) is 1. The molecule has 2 aromatic rings. The molecule has 4 aliphatic heterocycles. The van der Waals surface area contributed by atoms with E-state index >= 15 is 0 Å². The Hall–Kier alpha value is -1.52. The van der Waals surface area contributed by atoms with E-state index in [0.717, 1.165) is 0 Å². The van der Waals surface area contributed by atoms with Gasteiger partial charge >= 0.3 is 15.2 Å². The third-order valence-electron chi connectivity index (χ3n) is 6.17. The highest BCUT2D eigenvalue weighted by Crippen LogP contribution is 2.58. The average Bonchev–Trinajstić information content (AvgIpc) is 3.41. The zero-order valence-corrected chi connectivity index (χ0v) is 19.6. The molecule has 0 radical (unpaired) electrons. The predicted molar refractivity (Wildman–Crippen MR) is 112 cm³/mol. The number of hydrogen-bond acceptors (Lipinski definition) is 12. The summed E-state index contributed by atoms with van der Waals surface area (Å²) in [7, 11) is -9.49. The lowest BCUT2D eigenvalue weighted by molar-refractivity contribution is -0.0526. The van der Waals surface area contributed by atoms with Crippen molar-refractivity contribution >= 4 is 26.2 Å². The van der Waals surface area contributed by atoms with E-state index < -0.39 is 83.4 Å². The van der Waals surface area contributed by atoms with Gasteiger partial charge < -0.3 is 57.9 Å². The number of nitrogens with zero attached hydrogens (tertiary/aromatic N) is 3. The summed E-state index contributed by atoms with van der Waals surface area (Å²) in [6, 6.07) is 1.49.